The van der Waals surface area contributed by atoms with Gasteiger partial charge in [0.05, 0.1) is 11.2 Å². The van der Waals surface area contributed by atoms with Crippen molar-refractivity contribution in [3.63, 3.8) is 0 Å². The Labute approximate surface area is 194 Å². The average molecular weight is 436 g/mol. The van der Waals surface area contributed by atoms with Crippen molar-refractivity contribution < 1.29 is 0 Å². The van der Waals surface area contributed by atoms with Crippen molar-refractivity contribution in [1.82, 2.24) is 4.57 Å². The molecular formula is C30H29NS. The number of nitrogens with zero attached hydrogens (tertiary/aromatic N) is 1. The third-order valence-electron chi connectivity index (χ3n) is 8.19. The van der Waals surface area contributed by atoms with Crippen molar-refractivity contribution in [2.75, 3.05) is 0 Å². The second-order valence-electron chi connectivity index (χ2n) is 10.4. The first-order valence-electron chi connectivity index (χ1n) is 12.2. The van der Waals surface area contributed by atoms with Crippen molar-refractivity contribution in [1.29, 1.82) is 0 Å². The van der Waals surface area contributed by atoms with Crippen LogP contribution in [0.25, 0.3) is 27.8 Å². The predicted molar refractivity (Wildman–Crippen MR) is 135 cm³/mol. The fourth-order valence-electron chi connectivity index (χ4n) is 7.39. The summed E-state index contributed by atoms with van der Waals surface area (Å²) < 4.78 is 2.94. The number of benzene rings is 3. The summed E-state index contributed by atoms with van der Waals surface area (Å²) in [5.41, 5.74) is 5.27. The topological polar surface area (TPSA) is 4.93 Å². The molecule has 0 spiro atoms. The number of rotatable bonds is 4. The molecule has 32 heavy (non-hydrogen) atoms. The summed E-state index contributed by atoms with van der Waals surface area (Å²) >= 11 is 2.25. The molecule has 0 aliphatic heterocycles. The van der Waals surface area contributed by atoms with Crippen LogP contribution in [0, 0.1) is 17.8 Å². The van der Waals surface area contributed by atoms with Gasteiger partial charge in [-0.25, -0.2) is 0 Å². The van der Waals surface area contributed by atoms with Crippen molar-refractivity contribution >= 4 is 22.7 Å². The predicted octanol–water partition coefficient (Wildman–Crippen LogP) is 8.36. The average Bonchev–Trinajstić information content (AvgIpc) is 3.13. The zero-order valence-corrected chi connectivity index (χ0v) is 19.2. The molecule has 4 aromatic rings. The molecular weight excluding hydrogens is 406 g/mol. The van der Waals surface area contributed by atoms with E-state index in [1.54, 1.807) is 0 Å². The lowest BCUT2D eigenvalue weighted by molar-refractivity contribution is 0.0384. The van der Waals surface area contributed by atoms with Gasteiger partial charge in [0, 0.05) is 20.7 Å². The van der Waals surface area contributed by atoms with Crippen molar-refractivity contribution in [2.45, 2.75) is 48.2 Å². The van der Waals surface area contributed by atoms with E-state index in [0.29, 0.717) is 4.75 Å². The molecule has 0 atom stereocenters. The zero-order chi connectivity index (χ0) is 21.1. The van der Waals surface area contributed by atoms with Gasteiger partial charge in [-0.1, -0.05) is 66.7 Å². The maximum absolute atomic E-state index is 2.51. The second kappa shape index (κ2) is 7.28. The second-order valence-corrected chi connectivity index (χ2v) is 11.9. The van der Waals surface area contributed by atoms with Crippen LogP contribution in [-0.2, 0) is 0 Å². The van der Waals surface area contributed by atoms with Crippen LogP contribution >= 0.6 is 11.8 Å². The lowest BCUT2D eigenvalue weighted by Gasteiger charge is -2.56. The molecule has 1 heterocycles. The van der Waals surface area contributed by atoms with Crippen LogP contribution in [-0.4, -0.2) is 9.31 Å². The Morgan fingerprint density at radius 1 is 0.656 bits per heavy atom. The fraction of sp³-hybridized carbons (Fsp3) is 0.333. The lowest BCUT2D eigenvalue weighted by Crippen LogP contribution is -2.48. The summed E-state index contributed by atoms with van der Waals surface area (Å²) in [6, 6.07) is 31.1. The number of para-hydroxylation sites is 2. The van der Waals surface area contributed by atoms with E-state index in [-0.39, 0.29) is 0 Å². The molecule has 4 bridgehead atoms. The molecule has 0 unspecified atom stereocenters. The van der Waals surface area contributed by atoms with Gasteiger partial charge in [-0.15, -0.1) is 11.8 Å². The number of hydrogen-bond acceptors (Lipinski definition) is 1. The van der Waals surface area contributed by atoms with E-state index in [1.165, 1.54) is 71.3 Å². The van der Waals surface area contributed by atoms with Gasteiger partial charge in [0.15, 0.2) is 0 Å². The molecule has 4 aliphatic rings. The molecule has 0 radical (unpaired) electrons. The van der Waals surface area contributed by atoms with Crippen molar-refractivity contribution in [2.24, 2.45) is 17.8 Å². The number of hydrogen-bond donors (Lipinski definition) is 0. The van der Waals surface area contributed by atoms with E-state index in [4.69, 9.17) is 0 Å². The SMILES string of the molecule is c1ccc(-c2c(SC34CC5CC(CC(C5)C3)C4)c3ccccc3n2-c2ccccc2)cc1. The Morgan fingerprint density at radius 2 is 1.22 bits per heavy atom. The van der Waals surface area contributed by atoms with Crippen LogP contribution in [0.1, 0.15) is 38.5 Å². The third kappa shape index (κ3) is 2.99. The van der Waals surface area contributed by atoms with E-state index in [1.807, 2.05) is 0 Å². The zero-order valence-electron chi connectivity index (χ0n) is 18.4. The van der Waals surface area contributed by atoms with Gasteiger partial charge in [0.2, 0.25) is 0 Å². The van der Waals surface area contributed by atoms with Crippen molar-refractivity contribution in [3.8, 4) is 16.9 Å². The summed E-state index contributed by atoms with van der Waals surface area (Å²) in [6.07, 6.45) is 8.75. The van der Waals surface area contributed by atoms with Gasteiger partial charge in [-0.2, -0.15) is 0 Å². The Morgan fingerprint density at radius 3 is 1.88 bits per heavy atom. The fourth-order valence-corrected chi connectivity index (χ4v) is 9.37. The molecule has 1 aromatic heterocycles. The first kappa shape index (κ1) is 19.1. The maximum Gasteiger partial charge on any atom is 0.0677 e. The molecule has 1 nitrogen and oxygen atoms in total. The van der Waals surface area contributed by atoms with E-state index in [2.05, 4.69) is 101 Å². The third-order valence-corrected chi connectivity index (χ3v) is 9.74. The minimum atomic E-state index is 0.434. The molecule has 4 saturated carbocycles. The van der Waals surface area contributed by atoms with Gasteiger partial charge < -0.3 is 4.57 Å². The molecule has 0 N–H and O–H groups in total. The summed E-state index contributed by atoms with van der Waals surface area (Å²) in [5, 5.41) is 1.41. The Hall–Kier alpha value is -2.45. The first-order chi connectivity index (χ1) is 15.8. The van der Waals surface area contributed by atoms with E-state index in [9.17, 15) is 0 Å². The Balaban J connectivity index is 1.47. The number of thioether (sulfide) groups is 1. The molecule has 8 rings (SSSR count). The molecule has 2 heteroatoms. The van der Waals surface area contributed by atoms with Crippen LogP contribution in [0.15, 0.2) is 89.8 Å². The van der Waals surface area contributed by atoms with Gasteiger partial charge in [-0.05, 0) is 80.0 Å². The summed E-state index contributed by atoms with van der Waals surface area (Å²) in [6.45, 7) is 0. The quantitative estimate of drug-likeness (QED) is 0.312. The van der Waals surface area contributed by atoms with Gasteiger partial charge >= 0.3 is 0 Å². The molecule has 4 aliphatic carbocycles. The highest BCUT2D eigenvalue weighted by molar-refractivity contribution is 8.01. The van der Waals surface area contributed by atoms with Gasteiger partial charge in [-0.3, -0.25) is 0 Å². The molecule has 3 aromatic carbocycles. The standard InChI is InChI=1S/C30H29NS/c1-3-9-24(10-4-1)28-29(32-30-18-21-15-22(19-30)17-23(16-21)20-30)26-13-7-8-14-27(26)31(28)25-11-5-2-6-12-25/h1-14,21-23H,15-20H2. The van der Waals surface area contributed by atoms with Crippen LogP contribution in [0.3, 0.4) is 0 Å². The summed E-state index contributed by atoms with van der Waals surface area (Å²) in [7, 11) is 0. The maximum atomic E-state index is 2.51. The smallest absolute Gasteiger partial charge is 0.0677 e. The molecule has 0 saturated heterocycles. The van der Waals surface area contributed by atoms with Crippen LogP contribution < -0.4 is 0 Å². The Kier molecular flexibility index (Phi) is 4.34. The highest BCUT2D eigenvalue weighted by Gasteiger charge is 2.51. The highest BCUT2D eigenvalue weighted by Crippen LogP contribution is 2.63. The molecule has 4 fully saturated rings. The van der Waals surface area contributed by atoms with E-state index < -0.39 is 0 Å². The summed E-state index contributed by atoms with van der Waals surface area (Å²) in [4.78, 5) is 1.50. The van der Waals surface area contributed by atoms with E-state index in [0.717, 1.165) is 17.8 Å². The van der Waals surface area contributed by atoms with Crippen LogP contribution in [0.4, 0.5) is 0 Å². The summed E-state index contributed by atoms with van der Waals surface area (Å²) in [5.74, 6) is 2.91. The van der Waals surface area contributed by atoms with Crippen LogP contribution in [0.2, 0.25) is 0 Å². The van der Waals surface area contributed by atoms with E-state index >= 15 is 0 Å². The molecule has 160 valence electrons. The molecule has 0 amide bonds. The lowest BCUT2D eigenvalue weighted by atomic mass is 9.56. The Bertz CT molecular complexity index is 1240. The van der Waals surface area contributed by atoms with Gasteiger partial charge in [0.25, 0.3) is 0 Å². The van der Waals surface area contributed by atoms with Gasteiger partial charge in [0.1, 0.15) is 0 Å². The van der Waals surface area contributed by atoms with Crippen molar-refractivity contribution in [3.05, 3.63) is 84.9 Å². The monoisotopic (exact) mass is 435 g/mol. The number of fused-ring (bicyclic) bond motifs is 1. The largest absolute Gasteiger partial charge is 0.308 e. The number of aromatic nitrogens is 1. The minimum Gasteiger partial charge on any atom is -0.308 e. The normalized spacial score (nSPS) is 28.4. The highest BCUT2D eigenvalue weighted by atomic mass is 32.2. The minimum absolute atomic E-state index is 0.434. The van der Waals surface area contributed by atoms with Crippen LogP contribution in [0.5, 0.6) is 0 Å². The first-order valence-corrected chi connectivity index (χ1v) is 13.0.